The van der Waals surface area contributed by atoms with Gasteiger partial charge in [0.25, 0.3) is 0 Å². The number of rotatable bonds is 3. The average molecular weight is 277 g/mol. The first-order valence-electron chi connectivity index (χ1n) is 4.26. The molecule has 0 saturated carbocycles. The van der Waals surface area contributed by atoms with Crippen molar-refractivity contribution in [3.8, 4) is 0 Å². The maximum atomic E-state index is 11.8. The van der Waals surface area contributed by atoms with Crippen LogP contribution in [0.5, 0.6) is 0 Å². The molecule has 0 heterocycles. The van der Waals surface area contributed by atoms with E-state index in [1.165, 1.54) is 0 Å². The zero-order chi connectivity index (χ0) is 10.6. The van der Waals surface area contributed by atoms with Gasteiger partial charge in [0.15, 0.2) is 0 Å². The first-order chi connectivity index (χ1) is 6.53. The molecule has 14 heavy (non-hydrogen) atoms. The van der Waals surface area contributed by atoms with Gasteiger partial charge in [-0.1, -0.05) is 22.9 Å². The predicted octanol–water partition coefficient (Wildman–Crippen LogP) is 2.70. The molecule has 0 amide bonds. The molecule has 0 aliphatic rings. The van der Waals surface area contributed by atoms with E-state index in [4.69, 9.17) is 0 Å². The van der Waals surface area contributed by atoms with Crippen molar-refractivity contribution in [1.29, 1.82) is 0 Å². The molecule has 1 rings (SSSR count). The van der Waals surface area contributed by atoms with Gasteiger partial charge in [-0.15, -0.1) is 0 Å². The molecule has 78 valence electrons. The summed E-state index contributed by atoms with van der Waals surface area (Å²) >= 11 is 3.33. The molecule has 0 bridgehead atoms. The maximum absolute atomic E-state index is 11.8. The van der Waals surface area contributed by atoms with Crippen LogP contribution in [0.25, 0.3) is 0 Å². The minimum absolute atomic E-state index is 0.648. The second kappa shape index (κ2) is 4.91. The molecule has 0 aliphatic carbocycles. The Morgan fingerprint density at radius 1 is 1.43 bits per heavy atom. The lowest BCUT2D eigenvalue weighted by Gasteiger charge is -2.03. The third-order valence-electron chi connectivity index (χ3n) is 1.52. The Morgan fingerprint density at radius 3 is 2.50 bits per heavy atom. The van der Waals surface area contributed by atoms with Crippen molar-refractivity contribution < 1.29 is 4.21 Å². The van der Waals surface area contributed by atoms with Gasteiger partial charge in [0.2, 0.25) is 0 Å². The standard InChI is InChI=1S/C9H13BrN2OS/c1-3-11-14(2,13)12-9-6-4-8(10)5-7-9/h4-7H,3H2,1-2H3,(H,11,12,13). The molecule has 5 heteroatoms. The second-order valence-corrected chi connectivity index (χ2v) is 5.86. The summed E-state index contributed by atoms with van der Waals surface area (Å²) in [7, 11) is -2.29. The number of hydrogen-bond acceptors (Lipinski definition) is 2. The minimum atomic E-state index is -2.29. The number of hydrogen-bond donors (Lipinski definition) is 1. The van der Waals surface area contributed by atoms with Gasteiger partial charge in [-0.3, -0.25) is 0 Å². The summed E-state index contributed by atoms with van der Waals surface area (Å²) in [5.74, 6) is 0. The first-order valence-corrected chi connectivity index (χ1v) is 6.97. The van der Waals surface area contributed by atoms with E-state index in [1.54, 1.807) is 6.26 Å². The molecule has 0 aliphatic heterocycles. The van der Waals surface area contributed by atoms with Crippen LogP contribution in [0.4, 0.5) is 5.69 Å². The summed E-state index contributed by atoms with van der Waals surface area (Å²) in [6.45, 7) is 2.55. The molecule has 0 aromatic heterocycles. The Morgan fingerprint density at radius 2 is 2.00 bits per heavy atom. The SMILES string of the molecule is CCNS(C)(=O)=Nc1ccc(Br)cc1. The van der Waals surface area contributed by atoms with Crippen molar-refractivity contribution >= 4 is 31.5 Å². The minimum Gasteiger partial charge on any atom is -0.234 e. The molecule has 0 spiro atoms. The van der Waals surface area contributed by atoms with Gasteiger partial charge in [-0.25, -0.2) is 8.93 Å². The van der Waals surface area contributed by atoms with Crippen molar-refractivity contribution in [2.75, 3.05) is 12.8 Å². The average Bonchev–Trinajstić information content (AvgIpc) is 2.08. The molecule has 1 N–H and O–H groups in total. The Kier molecular flexibility index (Phi) is 4.10. The third-order valence-corrected chi connectivity index (χ3v) is 3.43. The maximum Gasteiger partial charge on any atom is 0.109 e. The van der Waals surface area contributed by atoms with Crippen LogP contribution in [0.3, 0.4) is 0 Å². The predicted molar refractivity (Wildman–Crippen MR) is 64.0 cm³/mol. The van der Waals surface area contributed by atoms with E-state index in [0.29, 0.717) is 6.54 Å². The molecule has 3 nitrogen and oxygen atoms in total. The Labute approximate surface area is 93.4 Å². The van der Waals surface area contributed by atoms with Gasteiger partial charge in [0.05, 0.1) is 5.69 Å². The summed E-state index contributed by atoms with van der Waals surface area (Å²) in [6, 6.07) is 7.40. The van der Waals surface area contributed by atoms with E-state index in [2.05, 4.69) is 25.0 Å². The Balaban J connectivity index is 2.97. The molecular weight excluding hydrogens is 264 g/mol. The van der Waals surface area contributed by atoms with Crippen LogP contribution in [0.1, 0.15) is 6.92 Å². The van der Waals surface area contributed by atoms with Crippen LogP contribution in [-0.2, 0) is 9.92 Å². The van der Waals surface area contributed by atoms with Crippen LogP contribution >= 0.6 is 15.9 Å². The van der Waals surface area contributed by atoms with E-state index in [1.807, 2.05) is 31.2 Å². The van der Waals surface area contributed by atoms with E-state index >= 15 is 0 Å². The highest BCUT2D eigenvalue weighted by molar-refractivity contribution is 9.10. The largest absolute Gasteiger partial charge is 0.234 e. The van der Waals surface area contributed by atoms with Crippen LogP contribution in [0, 0.1) is 0 Å². The fourth-order valence-corrected chi connectivity index (χ4v) is 2.39. The van der Waals surface area contributed by atoms with Gasteiger partial charge < -0.3 is 0 Å². The zero-order valence-electron chi connectivity index (χ0n) is 8.16. The van der Waals surface area contributed by atoms with E-state index < -0.39 is 9.92 Å². The summed E-state index contributed by atoms with van der Waals surface area (Å²) in [4.78, 5) is 0. The molecule has 1 unspecified atom stereocenters. The third kappa shape index (κ3) is 3.77. The molecule has 0 fully saturated rings. The highest BCUT2D eigenvalue weighted by Crippen LogP contribution is 2.17. The van der Waals surface area contributed by atoms with Crippen LogP contribution in [0.2, 0.25) is 0 Å². The van der Waals surface area contributed by atoms with Crippen molar-refractivity contribution in [3.05, 3.63) is 28.7 Å². The lowest BCUT2D eigenvalue weighted by molar-refractivity contribution is 0.671. The van der Waals surface area contributed by atoms with Crippen molar-refractivity contribution in [2.24, 2.45) is 4.36 Å². The fraction of sp³-hybridized carbons (Fsp3) is 0.333. The lowest BCUT2D eigenvalue weighted by atomic mass is 10.3. The monoisotopic (exact) mass is 276 g/mol. The summed E-state index contributed by atoms with van der Waals surface area (Å²) in [5.41, 5.74) is 0.724. The number of benzene rings is 1. The topological polar surface area (TPSA) is 41.5 Å². The number of nitrogens with zero attached hydrogens (tertiary/aromatic N) is 1. The van der Waals surface area contributed by atoms with E-state index in [9.17, 15) is 4.21 Å². The summed E-state index contributed by atoms with van der Waals surface area (Å²) < 4.78 is 19.7. The fourth-order valence-electron chi connectivity index (χ4n) is 1.00. The molecule has 1 aromatic rings. The molecule has 0 radical (unpaired) electrons. The van der Waals surface area contributed by atoms with Crippen molar-refractivity contribution in [1.82, 2.24) is 4.72 Å². The normalized spacial score (nSPS) is 14.8. The lowest BCUT2D eigenvalue weighted by Crippen LogP contribution is -2.20. The van der Waals surface area contributed by atoms with Gasteiger partial charge >= 0.3 is 0 Å². The first kappa shape index (κ1) is 11.7. The van der Waals surface area contributed by atoms with Gasteiger partial charge in [-0.2, -0.15) is 4.36 Å². The van der Waals surface area contributed by atoms with Crippen LogP contribution in [-0.4, -0.2) is 17.0 Å². The van der Waals surface area contributed by atoms with Gasteiger partial charge in [-0.05, 0) is 24.3 Å². The quantitative estimate of drug-likeness (QED) is 0.906. The van der Waals surface area contributed by atoms with Crippen molar-refractivity contribution in [3.63, 3.8) is 0 Å². The van der Waals surface area contributed by atoms with Crippen LogP contribution in [0.15, 0.2) is 33.1 Å². The smallest absolute Gasteiger partial charge is 0.109 e. The summed E-state index contributed by atoms with van der Waals surface area (Å²) in [5, 5.41) is 0. The van der Waals surface area contributed by atoms with E-state index in [0.717, 1.165) is 10.2 Å². The summed E-state index contributed by atoms with van der Waals surface area (Å²) in [6.07, 6.45) is 1.60. The molecule has 1 atom stereocenters. The highest BCUT2D eigenvalue weighted by atomic mass is 79.9. The highest BCUT2D eigenvalue weighted by Gasteiger charge is 1.98. The molecule has 1 aromatic carbocycles. The van der Waals surface area contributed by atoms with Crippen molar-refractivity contribution in [2.45, 2.75) is 6.92 Å². The van der Waals surface area contributed by atoms with Gasteiger partial charge in [0, 0.05) is 17.3 Å². The Hall–Kier alpha value is -0.390. The molecular formula is C9H13BrN2OS. The Bertz CT molecular complexity index is 407. The van der Waals surface area contributed by atoms with Crippen LogP contribution < -0.4 is 4.72 Å². The zero-order valence-corrected chi connectivity index (χ0v) is 10.6. The number of nitrogens with one attached hydrogen (secondary N) is 1. The molecule has 0 saturated heterocycles. The van der Waals surface area contributed by atoms with E-state index in [-0.39, 0.29) is 0 Å². The second-order valence-electron chi connectivity index (χ2n) is 2.87. The number of halogens is 1. The van der Waals surface area contributed by atoms with Gasteiger partial charge in [0.1, 0.15) is 9.92 Å².